The molecule has 2 aliphatic heterocycles. The summed E-state index contributed by atoms with van der Waals surface area (Å²) < 4.78 is 5.93. The highest BCUT2D eigenvalue weighted by molar-refractivity contribution is 4.97. The van der Waals surface area contributed by atoms with E-state index in [1.54, 1.807) is 0 Å². The minimum Gasteiger partial charge on any atom is -0.375 e. The second-order valence-corrected chi connectivity index (χ2v) is 6.82. The molecule has 104 valence electrons. The molecule has 0 radical (unpaired) electrons. The average Bonchev–Trinajstić information content (AvgIpc) is 2.98. The van der Waals surface area contributed by atoms with Gasteiger partial charge in [0.15, 0.2) is 0 Å². The molecule has 1 N–H and O–H groups in total. The van der Waals surface area contributed by atoms with E-state index in [0.29, 0.717) is 11.5 Å². The Kier molecular flexibility index (Phi) is 3.65. The summed E-state index contributed by atoms with van der Waals surface area (Å²) >= 11 is 0. The van der Waals surface area contributed by atoms with E-state index in [-0.39, 0.29) is 0 Å². The van der Waals surface area contributed by atoms with Crippen molar-refractivity contribution in [2.24, 2.45) is 11.3 Å². The molecule has 3 nitrogen and oxygen atoms in total. The zero-order valence-electron chi connectivity index (χ0n) is 12.0. The summed E-state index contributed by atoms with van der Waals surface area (Å²) in [5, 5.41) is 3.59. The number of ether oxygens (including phenoxy) is 1. The van der Waals surface area contributed by atoms with Crippen molar-refractivity contribution in [3.05, 3.63) is 0 Å². The lowest BCUT2D eigenvalue weighted by atomic mass is 9.75. The first-order valence-corrected chi connectivity index (χ1v) is 7.78. The Bertz CT molecular complexity index is 286. The number of nitrogens with one attached hydrogen (secondary N) is 1. The number of fused-ring (bicyclic) bond motifs is 1. The van der Waals surface area contributed by atoms with E-state index in [1.807, 2.05) is 0 Å². The van der Waals surface area contributed by atoms with E-state index in [9.17, 15) is 0 Å². The van der Waals surface area contributed by atoms with E-state index in [4.69, 9.17) is 4.74 Å². The molecule has 2 heterocycles. The maximum atomic E-state index is 5.93. The fraction of sp³-hybridized carbons (Fsp3) is 1.00. The van der Waals surface area contributed by atoms with E-state index < -0.39 is 0 Å². The van der Waals surface area contributed by atoms with Gasteiger partial charge in [0, 0.05) is 25.7 Å². The summed E-state index contributed by atoms with van der Waals surface area (Å²) in [4.78, 5) is 2.76. The Labute approximate surface area is 111 Å². The molecule has 3 unspecified atom stereocenters. The molecule has 0 aromatic heterocycles. The number of nitrogens with zero attached hydrogens (tertiary/aromatic N) is 1. The van der Waals surface area contributed by atoms with Gasteiger partial charge < -0.3 is 10.1 Å². The first-order valence-electron chi connectivity index (χ1n) is 7.78. The SMILES string of the molecule is CC(C)C1(CN2CCOC3CCCC32)CCNC1. The fourth-order valence-corrected chi connectivity index (χ4v) is 4.18. The lowest BCUT2D eigenvalue weighted by Gasteiger charge is -2.44. The van der Waals surface area contributed by atoms with Gasteiger partial charge in [-0.15, -0.1) is 0 Å². The second-order valence-electron chi connectivity index (χ2n) is 6.82. The molecule has 3 rings (SSSR count). The molecular formula is C15H28N2O. The third-order valence-corrected chi connectivity index (χ3v) is 5.62. The molecule has 3 heteroatoms. The van der Waals surface area contributed by atoms with Crippen LogP contribution in [-0.2, 0) is 4.74 Å². The van der Waals surface area contributed by atoms with Gasteiger partial charge in [-0.05, 0) is 43.6 Å². The fourth-order valence-electron chi connectivity index (χ4n) is 4.18. The summed E-state index contributed by atoms with van der Waals surface area (Å²) in [6.07, 6.45) is 5.88. The van der Waals surface area contributed by atoms with Crippen molar-refractivity contribution >= 4 is 0 Å². The Hall–Kier alpha value is -0.120. The minimum atomic E-state index is 0.504. The van der Waals surface area contributed by atoms with Crippen molar-refractivity contribution in [2.75, 3.05) is 32.8 Å². The van der Waals surface area contributed by atoms with Gasteiger partial charge in [-0.25, -0.2) is 0 Å². The van der Waals surface area contributed by atoms with Crippen LogP contribution in [0.5, 0.6) is 0 Å². The van der Waals surface area contributed by atoms with Crippen LogP contribution in [0.25, 0.3) is 0 Å². The molecular weight excluding hydrogens is 224 g/mol. The number of hydrogen-bond acceptors (Lipinski definition) is 3. The first kappa shape index (κ1) is 12.9. The second kappa shape index (κ2) is 5.10. The lowest BCUT2D eigenvalue weighted by Crippen LogP contribution is -2.53. The maximum absolute atomic E-state index is 5.93. The van der Waals surface area contributed by atoms with Crippen LogP contribution in [0.15, 0.2) is 0 Å². The van der Waals surface area contributed by atoms with Crippen molar-refractivity contribution in [1.82, 2.24) is 10.2 Å². The monoisotopic (exact) mass is 252 g/mol. The number of hydrogen-bond donors (Lipinski definition) is 1. The van der Waals surface area contributed by atoms with Crippen molar-refractivity contribution in [3.63, 3.8) is 0 Å². The highest BCUT2D eigenvalue weighted by Crippen LogP contribution is 2.38. The van der Waals surface area contributed by atoms with Crippen molar-refractivity contribution in [1.29, 1.82) is 0 Å². The highest BCUT2D eigenvalue weighted by atomic mass is 16.5. The highest BCUT2D eigenvalue weighted by Gasteiger charge is 2.43. The van der Waals surface area contributed by atoms with Crippen LogP contribution in [0.1, 0.15) is 39.5 Å². The van der Waals surface area contributed by atoms with Crippen LogP contribution in [0.2, 0.25) is 0 Å². The third-order valence-electron chi connectivity index (χ3n) is 5.62. The zero-order chi connectivity index (χ0) is 12.6. The van der Waals surface area contributed by atoms with Crippen LogP contribution in [0, 0.1) is 11.3 Å². The summed E-state index contributed by atoms with van der Waals surface area (Å²) in [6, 6.07) is 0.718. The molecule has 1 saturated carbocycles. The maximum Gasteiger partial charge on any atom is 0.0730 e. The smallest absolute Gasteiger partial charge is 0.0730 e. The van der Waals surface area contributed by atoms with Gasteiger partial charge in [-0.3, -0.25) is 4.90 Å². The van der Waals surface area contributed by atoms with Crippen molar-refractivity contribution in [2.45, 2.75) is 51.7 Å². The lowest BCUT2D eigenvalue weighted by molar-refractivity contribution is -0.0714. The molecule has 0 bridgehead atoms. The Morgan fingerprint density at radius 3 is 3.00 bits per heavy atom. The summed E-state index contributed by atoms with van der Waals surface area (Å²) in [6.45, 7) is 10.6. The quantitative estimate of drug-likeness (QED) is 0.830. The molecule has 0 amide bonds. The van der Waals surface area contributed by atoms with E-state index >= 15 is 0 Å². The summed E-state index contributed by atoms with van der Waals surface area (Å²) in [5.74, 6) is 0.773. The van der Waals surface area contributed by atoms with Crippen LogP contribution < -0.4 is 5.32 Å². The standard InChI is InChI=1S/C15H28N2O/c1-12(2)15(6-7-16-10-15)11-17-8-9-18-14-5-3-4-13(14)17/h12-14,16H,3-11H2,1-2H3. The van der Waals surface area contributed by atoms with Gasteiger partial charge in [0.25, 0.3) is 0 Å². The summed E-state index contributed by atoms with van der Waals surface area (Å²) in [7, 11) is 0. The van der Waals surface area contributed by atoms with Gasteiger partial charge in [-0.2, -0.15) is 0 Å². The number of rotatable bonds is 3. The predicted molar refractivity (Wildman–Crippen MR) is 73.7 cm³/mol. The van der Waals surface area contributed by atoms with Gasteiger partial charge in [0.2, 0.25) is 0 Å². The molecule has 3 fully saturated rings. The minimum absolute atomic E-state index is 0.504. The molecule has 18 heavy (non-hydrogen) atoms. The van der Waals surface area contributed by atoms with Gasteiger partial charge in [-0.1, -0.05) is 13.8 Å². The molecule has 3 atom stereocenters. The normalized spacial score (nSPS) is 41.5. The molecule has 3 aliphatic rings. The molecule has 0 spiro atoms. The average molecular weight is 252 g/mol. The van der Waals surface area contributed by atoms with Gasteiger partial charge in [0.05, 0.1) is 12.7 Å². The van der Waals surface area contributed by atoms with Crippen LogP contribution >= 0.6 is 0 Å². The summed E-state index contributed by atoms with van der Waals surface area (Å²) in [5.41, 5.74) is 0.504. The van der Waals surface area contributed by atoms with Crippen LogP contribution in [0.3, 0.4) is 0 Å². The largest absolute Gasteiger partial charge is 0.375 e. The molecule has 1 aliphatic carbocycles. The zero-order valence-corrected chi connectivity index (χ0v) is 12.0. The Morgan fingerprint density at radius 2 is 2.28 bits per heavy atom. The van der Waals surface area contributed by atoms with E-state index in [0.717, 1.165) is 25.1 Å². The Balaban J connectivity index is 1.70. The van der Waals surface area contributed by atoms with Crippen LogP contribution in [0.4, 0.5) is 0 Å². The third kappa shape index (κ3) is 2.21. The number of morpholine rings is 1. The topological polar surface area (TPSA) is 24.5 Å². The van der Waals surface area contributed by atoms with Crippen LogP contribution in [-0.4, -0.2) is 49.8 Å². The van der Waals surface area contributed by atoms with Crippen molar-refractivity contribution in [3.8, 4) is 0 Å². The molecule has 0 aromatic carbocycles. The van der Waals surface area contributed by atoms with E-state index in [1.165, 1.54) is 45.3 Å². The molecule has 2 saturated heterocycles. The Morgan fingerprint density at radius 1 is 1.39 bits per heavy atom. The first-order chi connectivity index (χ1) is 8.71. The van der Waals surface area contributed by atoms with Crippen molar-refractivity contribution < 1.29 is 4.74 Å². The predicted octanol–water partition coefficient (Wildman–Crippen LogP) is 1.88. The molecule has 0 aromatic rings. The van der Waals surface area contributed by atoms with Gasteiger partial charge in [0.1, 0.15) is 0 Å². The van der Waals surface area contributed by atoms with E-state index in [2.05, 4.69) is 24.1 Å². The van der Waals surface area contributed by atoms with Gasteiger partial charge >= 0.3 is 0 Å².